The monoisotopic (exact) mass is 298 g/mol. The van der Waals surface area contributed by atoms with Crippen molar-refractivity contribution in [3.8, 4) is 0 Å². The number of carbonyl (C=O) groups excluding carboxylic acids is 2. The van der Waals surface area contributed by atoms with Gasteiger partial charge in [-0.2, -0.15) is 0 Å². The molecular weight excluding hydrogens is 272 g/mol. The van der Waals surface area contributed by atoms with Crippen LogP contribution < -0.4 is 5.73 Å². The highest BCUT2D eigenvalue weighted by molar-refractivity contribution is 5.81. The highest BCUT2D eigenvalue weighted by Gasteiger charge is 2.29. The SMILES string of the molecule is CC(OCC1CCCCO1)C(=O)N1CCC(C(N)=O)CC1. The average Bonchev–Trinajstić information content (AvgIpc) is 2.53. The number of nitrogens with zero attached hydrogens (tertiary/aromatic N) is 1. The molecule has 0 bridgehead atoms. The van der Waals surface area contributed by atoms with Gasteiger partial charge in [0.2, 0.25) is 5.91 Å². The van der Waals surface area contributed by atoms with Crippen LogP contribution in [0.3, 0.4) is 0 Å². The van der Waals surface area contributed by atoms with Crippen LogP contribution in [-0.4, -0.2) is 55.2 Å². The molecule has 2 atom stereocenters. The zero-order valence-electron chi connectivity index (χ0n) is 12.8. The molecule has 6 heteroatoms. The van der Waals surface area contributed by atoms with Crippen LogP contribution in [0.1, 0.15) is 39.0 Å². The Labute approximate surface area is 125 Å². The highest BCUT2D eigenvalue weighted by Crippen LogP contribution is 2.18. The lowest BCUT2D eigenvalue weighted by molar-refractivity contribution is -0.148. The molecule has 2 N–H and O–H groups in total. The van der Waals surface area contributed by atoms with Crippen molar-refractivity contribution in [1.29, 1.82) is 0 Å². The second kappa shape index (κ2) is 7.75. The molecule has 0 aromatic heterocycles. The van der Waals surface area contributed by atoms with Gasteiger partial charge in [-0.05, 0) is 39.0 Å². The van der Waals surface area contributed by atoms with E-state index >= 15 is 0 Å². The predicted octanol–water partition coefficient (Wildman–Crippen LogP) is 0.685. The van der Waals surface area contributed by atoms with Crippen molar-refractivity contribution in [2.24, 2.45) is 11.7 Å². The molecule has 2 unspecified atom stereocenters. The van der Waals surface area contributed by atoms with Crippen LogP contribution in [0, 0.1) is 5.92 Å². The molecule has 2 fully saturated rings. The van der Waals surface area contributed by atoms with E-state index < -0.39 is 6.10 Å². The Kier molecular flexibility index (Phi) is 5.99. The van der Waals surface area contributed by atoms with E-state index in [0.717, 1.165) is 25.9 Å². The van der Waals surface area contributed by atoms with E-state index in [1.807, 2.05) is 0 Å². The number of hydrogen-bond donors (Lipinski definition) is 1. The van der Waals surface area contributed by atoms with E-state index in [1.165, 1.54) is 0 Å². The van der Waals surface area contributed by atoms with Crippen molar-refractivity contribution in [3.05, 3.63) is 0 Å². The zero-order chi connectivity index (χ0) is 15.2. The number of piperidine rings is 1. The first-order valence-corrected chi connectivity index (χ1v) is 7.89. The number of hydrogen-bond acceptors (Lipinski definition) is 4. The van der Waals surface area contributed by atoms with Gasteiger partial charge < -0.3 is 20.1 Å². The Bertz CT molecular complexity index is 361. The van der Waals surface area contributed by atoms with E-state index in [9.17, 15) is 9.59 Å². The number of nitrogens with two attached hydrogens (primary N) is 1. The first kappa shape index (κ1) is 16.2. The Morgan fingerprint density at radius 2 is 2.00 bits per heavy atom. The number of likely N-dealkylation sites (tertiary alicyclic amines) is 1. The Balaban J connectivity index is 1.71. The summed E-state index contributed by atoms with van der Waals surface area (Å²) in [5.41, 5.74) is 5.30. The standard InChI is InChI=1S/C15H26N2O4/c1-11(21-10-13-4-2-3-9-20-13)15(19)17-7-5-12(6-8-17)14(16)18/h11-13H,2-10H2,1H3,(H2,16,18). The minimum atomic E-state index is -0.458. The van der Waals surface area contributed by atoms with Gasteiger partial charge in [0.25, 0.3) is 5.91 Å². The van der Waals surface area contributed by atoms with Gasteiger partial charge in [0.15, 0.2) is 0 Å². The molecule has 2 heterocycles. The molecule has 120 valence electrons. The van der Waals surface area contributed by atoms with Crippen molar-refractivity contribution in [2.45, 2.75) is 51.2 Å². The second-order valence-corrected chi connectivity index (χ2v) is 5.97. The predicted molar refractivity (Wildman–Crippen MR) is 77.5 cm³/mol. The maximum atomic E-state index is 12.3. The van der Waals surface area contributed by atoms with Crippen LogP contribution in [0.25, 0.3) is 0 Å². The fourth-order valence-electron chi connectivity index (χ4n) is 2.90. The van der Waals surface area contributed by atoms with Crippen LogP contribution in [0.15, 0.2) is 0 Å². The summed E-state index contributed by atoms with van der Waals surface area (Å²) in [4.78, 5) is 25.2. The van der Waals surface area contributed by atoms with Gasteiger partial charge in [-0.1, -0.05) is 0 Å². The summed E-state index contributed by atoms with van der Waals surface area (Å²) in [7, 11) is 0. The topological polar surface area (TPSA) is 81.9 Å². The average molecular weight is 298 g/mol. The molecule has 2 aliphatic rings. The summed E-state index contributed by atoms with van der Waals surface area (Å²) < 4.78 is 11.3. The quantitative estimate of drug-likeness (QED) is 0.809. The number of carbonyl (C=O) groups is 2. The molecular formula is C15H26N2O4. The number of primary amides is 1. The minimum Gasteiger partial charge on any atom is -0.376 e. The summed E-state index contributed by atoms with van der Waals surface area (Å²) in [5.74, 6) is -0.365. The van der Waals surface area contributed by atoms with E-state index in [4.69, 9.17) is 15.2 Å². The van der Waals surface area contributed by atoms with Crippen molar-refractivity contribution < 1.29 is 19.1 Å². The smallest absolute Gasteiger partial charge is 0.251 e. The van der Waals surface area contributed by atoms with Crippen molar-refractivity contribution in [2.75, 3.05) is 26.3 Å². The molecule has 2 aliphatic heterocycles. The fraction of sp³-hybridized carbons (Fsp3) is 0.867. The van der Waals surface area contributed by atoms with E-state index in [2.05, 4.69) is 0 Å². The normalized spacial score (nSPS) is 25.6. The summed E-state index contributed by atoms with van der Waals surface area (Å²) >= 11 is 0. The Morgan fingerprint density at radius 1 is 1.29 bits per heavy atom. The van der Waals surface area contributed by atoms with Crippen LogP contribution in [0.2, 0.25) is 0 Å². The van der Waals surface area contributed by atoms with Gasteiger partial charge >= 0.3 is 0 Å². The minimum absolute atomic E-state index is 0.00581. The molecule has 0 aromatic rings. The Hall–Kier alpha value is -1.14. The molecule has 6 nitrogen and oxygen atoms in total. The van der Waals surface area contributed by atoms with E-state index in [0.29, 0.717) is 32.5 Å². The van der Waals surface area contributed by atoms with Crippen LogP contribution in [0.5, 0.6) is 0 Å². The molecule has 0 spiro atoms. The molecule has 0 aliphatic carbocycles. The van der Waals surface area contributed by atoms with E-state index in [1.54, 1.807) is 11.8 Å². The Morgan fingerprint density at radius 3 is 2.57 bits per heavy atom. The molecule has 0 saturated carbocycles. The number of amides is 2. The molecule has 2 amide bonds. The van der Waals surface area contributed by atoms with Gasteiger partial charge in [-0.3, -0.25) is 9.59 Å². The maximum absolute atomic E-state index is 12.3. The van der Waals surface area contributed by atoms with Crippen LogP contribution >= 0.6 is 0 Å². The fourth-order valence-corrected chi connectivity index (χ4v) is 2.90. The number of rotatable bonds is 5. The largest absolute Gasteiger partial charge is 0.376 e. The lowest BCUT2D eigenvalue weighted by atomic mass is 9.96. The van der Waals surface area contributed by atoms with Crippen molar-refractivity contribution >= 4 is 11.8 Å². The summed E-state index contributed by atoms with van der Waals surface area (Å²) in [6, 6.07) is 0. The maximum Gasteiger partial charge on any atom is 0.251 e. The first-order valence-electron chi connectivity index (χ1n) is 7.89. The van der Waals surface area contributed by atoms with Crippen LogP contribution in [-0.2, 0) is 19.1 Å². The third kappa shape index (κ3) is 4.68. The lowest BCUT2D eigenvalue weighted by Gasteiger charge is -2.32. The van der Waals surface area contributed by atoms with Gasteiger partial charge in [-0.25, -0.2) is 0 Å². The zero-order valence-corrected chi connectivity index (χ0v) is 12.8. The summed E-state index contributed by atoms with van der Waals surface area (Å²) in [6.45, 7) is 4.22. The molecule has 2 rings (SSSR count). The molecule has 0 aromatic carbocycles. The van der Waals surface area contributed by atoms with Gasteiger partial charge in [0, 0.05) is 25.6 Å². The van der Waals surface area contributed by atoms with Crippen molar-refractivity contribution in [1.82, 2.24) is 4.90 Å². The second-order valence-electron chi connectivity index (χ2n) is 5.97. The summed E-state index contributed by atoms with van der Waals surface area (Å²) in [6.07, 6.45) is 4.25. The number of ether oxygens (including phenoxy) is 2. The van der Waals surface area contributed by atoms with Gasteiger partial charge in [0.1, 0.15) is 6.10 Å². The molecule has 0 radical (unpaired) electrons. The third-order valence-corrected chi connectivity index (χ3v) is 4.36. The van der Waals surface area contributed by atoms with E-state index in [-0.39, 0.29) is 23.8 Å². The summed E-state index contributed by atoms with van der Waals surface area (Å²) in [5, 5.41) is 0. The van der Waals surface area contributed by atoms with Gasteiger partial charge in [-0.15, -0.1) is 0 Å². The third-order valence-electron chi connectivity index (χ3n) is 4.36. The molecule has 21 heavy (non-hydrogen) atoms. The first-order chi connectivity index (χ1) is 10.1. The lowest BCUT2D eigenvalue weighted by Crippen LogP contribution is -2.46. The van der Waals surface area contributed by atoms with Gasteiger partial charge in [0.05, 0.1) is 12.7 Å². The van der Waals surface area contributed by atoms with Crippen molar-refractivity contribution in [3.63, 3.8) is 0 Å². The highest BCUT2D eigenvalue weighted by atomic mass is 16.5. The molecule has 2 saturated heterocycles. The van der Waals surface area contributed by atoms with Crippen LogP contribution in [0.4, 0.5) is 0 Å².